The predicted octanol–water partition coefficient (Wildman–Crippen LogP) is 7.07. The van der Waals surface area contributed by atoms with Crippen LogP contribution in [0.25, 0.3) is 5.57 Å². The van der Waals surface area contributed by atoms with Crippen molar-refractivity contribution in [2.45, 2.75) is 59.8 Å². The van der Waals surface area contributed by atoms with Crippen molar-refractivity contribution in [2.75, 3.05) is 0 Å². The van der Waals surface area contributed by atoms with E-state index in [2.05, 4.69) is 27.7 Å². The fourth-order valence-corrected chi connectivity index (χ4v) is 3.01. The molecule has 0 bridgehead atoms. The normalized spacial score (nSPS) is 10.6. The predicted molar refractivity (Wildman–Crippen MR) is 88.2 cm³/mol. The number of aryl methyl sites for hydroxylation is 1. The largest absolute Gasteiger partial charge is 0.0827 e. The molecule has 1 aromatic carbocycles. The van der Waals surface area contributed by atoms with E-state index in [1.165, 1.54) is 42.4 Å². The van der Waals surface area contributed by atoms with E-state index in [9.17, 15) is 0 Å². The molecule has 0 heterocycles. The molecule has 1 rings (SSSR count). The second-order valence-electron chi connectivity index (χ2n) is 5.02. The van der Waals surface area contributed by atoms with E-state index in [4.69, 9.17) is 23.2 Å². The molecule has 0 aliphatic carbocycles. The van der Waals surface area contributed by atoms with Gasteiger partial charge in [0.1, 0.15) is 0 Å². The number of hydrogen-bond acceptors (Lipinski definition) is 0. The summed E-state index contributed by atoms with van der Waals surface area (Å²) >= 11 is 12.3. The lowest BCUT2D eigenvalue weighted by atomic mass is 9.90. The minimum Gasteiger partial charge on any atom is -0.0827 e. The molecular formula is C17H24Cl2. The van der Waals surface area contributed by atoms with E-state index < -0.39 is 0 Å². The van der Waals surface area contributed by atoms with Crippen molar-refractivity contribution < 1.29 is 0 Å². The molecule has 0 radical (unpaired) electrons. The monoisotopic (exact) mass is 298 g/mol. The van der Waals surface area contributed by atoms with Gasteiger partial charge in [0, 0.05) is 0 Å². The summed E-state index contributed by atoms with van der Waals surface area (Å²) in [4.78, 5) is 0. The third-order valence-electron chi connectivity index (χ3n) is 3.48. The van der Waals surface area contributed by atoms with Crippen LogP contribution < -0.4 is 0 Å². The molecule has 0 aromatic heterocycles. The van der Waals surface area contributed by atoms with Crippen LogP contribution in [-0.4, -0.2) is 0 Å². The quantitative estimate of drug-likeness (QED) is 0.527. The Morgan fingerprint density at radius 2 is 1.47 bits per heavy atom. The van der Waals surface area contributed by atoms with Crippen LogP contribution >= 0.6 is 23.2 Å². The second kappa shape index (κ2) is 7.97. The van der Waals surface area contributed by atoms with Crippen LogP contribution in [0.2, 0.25) is 10.0 Å². The van der Waals surface area contributed by atoms with E-state index in [-0.39, 0.29) is 0 Å². The van der Waals surface area contributed by atoms with Crippen molar-refractivity contribution in [1.29, 1.82) is 0 Å². The molecule has 1 aromatic rings. The summed E-state index contributed by atoms with van der Waals surface area (Å²) in [5.74, 6) is 0. The first-order chi connectivity index (χ1) is 9.04. The minimum absolute atomic E-state index is 0.644. The van der Waals surface area contributed by atoms with Crippen molar-refractivity contribution in [3.05, 3.63) is 38.9 Å². The first-order valence-electron chi connectivity index (χ1n) is 7.21. The zero-order valence-electron chi connectivity index (χ0n) is 12.4. The summed E-state index contributed by atoms with van der Waals surface area (Å²) in [6.45, 7) is 8.82. The van der Waals surface area contributed by atoms with E-state index in [0.717, 1.165) is 6.42 Å². The van der Waals surface area contributed by atoms with Gasteiger partial charge in [-0.2, -0.15) is 0 Å². The Balaban J connectivity index is 3.35. The maximum Gasteiger partial charge on any atom is 0.0598 e. The van der Waals surface area contributed by atoms with Gasteiger partial charge in [-0.1, -0.05) is 62.4 Å². The van der Waals surface area contributed by atoms with Crippen molar-refractivity contribution in [2.24, 2.45) is 0 Å². The Kier molecular flexibility index (Phi) is 6.96. The van der Waals surface area contributed by atoms with Gasteiger partial charge in [0.05, 0.1) is 10.0 Å². The Bertz CT molecular complexity index is 451. The molecular weight excluding hydrogens is 275 g/mol. The first kappa shape index (κ1) is 16.6. The molecule has 0 aliphatic heterocycles. The number of rotatable bonds is 6. The molecule has 0 spiro atoms. The number of hydrogen-bond donors (Lipinski definition) is 0. The van der Waals surface area contributed by atoms with E-state index in [1.807, 2.05) is 12.1 Å². The van der Waals surface area contributed by atoms with Crippen molar-refractivity contribution in [3.8, 4) is 0 Å². The molecule has 106 valence electrons. The number of allylic oxidation sites excluding steroid dienone is 2. The highest BCUT2D eigenvalue weighted by Gasteiger charge is 2.11. The Labute approximate surface area is 127 Å². The Morgan fingerprint density at radius 3 is 1.95 bits per heavy atom. The zero-order chi connectivity index (χ0) is 14.4. The van der Waals surface area contributed by atoms with Gasteiger partial charge in [0.2, 0.25) is 0 Å². The van der Waals surface area contributed by atoms with Crippen molar-refractivity contribution in [3.63, 3.8) is 0 Å². The fourth-order valence-electron chi connectivity index (χ4n) is 2.63. The smallest absolute Gasteiger partial charge is 0.0598 e. The molecule has 0 atom stereocenters. The van der Waals surface area contributed by atoms with Crippen molar-refractivity contribution >= 4 is 28.8 Å². The number of benzene rings is 1. The topological polar surface area (TPSA) is 0 Å². The first-order valence-corrected chi connectivity index (χ1v) is 7.97. The molecule has 0 amide bonds. The zero-order valence-corrected chi connectivity index (χ0v) is 14.0. The molecule has 0 nitrogen and oxygen atoms in total. The van der Waals surface area contributed by atoms with Gasteiger partial charge in [-0.3, -0.25) is 0 Å². The van der Waals surface area contributed by atoms with Gasteiger partial charge >= 0.3 is 0 Å². The van der Waals surface area contributed by atoms with Gasteiger partial charge in [0.25, 0.3) is 0 Å². The van der Waals surface area contributed by atoms with E-state index >= 15 is 0 Å². The third kappa shape index (κ3) is 4.26. The van der Waals surface area contributed by atoms with E-state index in [1.54, 1.807) is 5.57 Å². The van der Waals surface area contributed by atoms with Gasteiger partial charge in [0.15, 0.2) is 0 Å². The summed E-state index contributed by atoms with van der Waals surface area (Å²) in [6, 6.07) is 4.01. The van der Waals surface area contributed by atoms with Gasteiger partial charge < -0.3 is 0 Å². The third-order valence-corrected chi connectivity index (χ3v) is 4.20. The average molecular weight is 299 g/mol. The average Bonchev–Trinajstić information content (AvgIpc) is 2.37. The van der Waals surface area contributed by atoms with Crippen LogP contribution in [-0.2, 0) is 0 Å². The lowest BCUT2D eigenvalue weighted by Crippen LogP contribution is -1.95. The lowest BCUT2D eigenvalue weighted by molar-refractivity contribution is 0.801. The molecule has 0 N–H and O–H groups in total. The van der Waals surface area contributed by atoms with Crippen LogP contribution in [0.4, 0.5) is 0 Å². The van der Waals surface area contributed by atoms with Gasteiger partial charge in [-0.25, -0.2) is 0 Å². The van der Waals surface area contributed by atoms with Crippen LogP contribution in [0.3, 0.4) is 0 Å². The molecule has 0 saturated heterocycles. The van der Waals surface area contributed by atoms with Crippen LogP contribution in [0.15, 0.2) is 17.7 Å². The minimum atomic E-state index is 0.644. The molecule has 0 aliphatic rings. The number of halogens is 2. The molecule has 0 saturated carbocycles. The summed E-state index contributed by atoms with van der Waals surface area (Å²) in [6.07, 6.45) is 5.79. The summed E-state index contributed by atoms with van der Waals surface area (Å²) in [5.41, 5.74) is 5.53. The van der Waals surface area contributed by atoms with Gasteiger partial charge in [-0.05, 0) is 55.0 Å². The van der Waals surface area contributed by atoms with Crippen LogP contribution in [0.5, 0.6) is 0 Å². The highest BCUT2D eigenvalue weighted by molar-refractivity contribution is 6.42. The highest BCUT2D eigenvalue weighted by Crippen LogP contribution is 2.34. The molecule has 0 unspecified atom stereocenters. The van der Waals surface area contributed by atoms with Crippen LogP contribution in [0.1, 0.15) is 64.0 Å². The Hall–Kier alpha value is -0.460. The maximum absolute atomic E-state index is 6.19. The van der Waals surface area contributed by atoms with Crippen molar-refractivity contribution in [1.82, 2.24) is 0 Å². The standard InChI is InChI=1S/C17H24Cl2/c1-5-8-13(9-6-2)14(7-3)15-11-17(19)16(18)10-12(15)4/h10-11H,5-9H2,1-4H3. The summed E-state index contributed by atoms with van der Waals surface area (Å²) in [7, 11) is 0. The SMILES string of the molecule is CCCC(CCC)=C(CC)c1cc(Cl)c(Cl)cc1C. The highest BCUT2D eigenvalue weighted by atomic mass is 35.5. The van der Waals surface area contributed by atoms with Gasteiger partial charge in [-0.15, -0.1) is 0 Å². The molecule has 0 fully saturated rings. The Morgan fingerprint density at radius 1 is 0.947 bits per heavy atom. The second-order valence-corrected chi connectivity index (χ2v) is 5.83. The summed E-state index contributed by atoms with van der Waals surface area (Å²) in [5, 5.41) is 1.30. The lowest BCUT2D eigenvalue weighted by Gasteiger charge is -2.17. The van der Waals surface area contributed by atoms with Crippen LogP contribution in [0, 0.1) is 6.92 Å². The molecule has 19 heavy (non-hydrogen) atoms. The van der Waals surface area contributed by atoms with E-state index in [0.29, 0.717) is 10.0 Å². The fraction of sp³-hybridized carbons (Fsp3) is 0.529. The molecule has 2 heteroatoms. The summed E-state index contributed by atoms with van der Waals surface area (Å²) < 4.78 is 0. The maximum atomic E-state index is 6.19.